The van der Waals surface area contributed by atoms with Crippen molar-refractivity contribution in [3.63, 3.8) is 0 Å². The Balaban J connectivity index is 3.91. The van der Waals surface area contributed by atoms with Gasteiger partial charge in [0.15, 0.2) is 0 Å². The Labute approximate surface area is 124 Å². The lowest BCUT2D eigenvalue weighted by Crippen LogP contribution is -2.49. The van der Waals surface area contributed by atoms with E-state index in [1.165, 1.54) is 0 Å². The zero-order valence-electron chi connectivity index (χ0n) is 12.5. The molecule has 0 heterocycles. The topological polar surface area (TPSA) is 127 Å². The van der Waals surface area contributed by atoms with Gasteiger partial charge >= 0.3 is 0 Å². The number of amides is 2. The second-order valence-electron chi connectivity index (χ2n) is 4.71. The molecule has 1 unspecified atom stereocenters. The van der Waals surface area contributed by atoms with Crippen LogP contribution in [0.1, 0.15) is 45.4 Å². The first kappa shape index (κ1) is 19.2. The van der Waals surface area contributed by atoms with Gasteiger partial charge in [0.25, 0.3) is 0 Å². The lowest BCUT2D eigenvalue weighted by Gasteiger charge is -2.16. The normalized spacial score (nSPS) is 11.3. The highest BCUT2D eigenvalue weighted by Gasteiger charge is 2.18. The van der Waals surface area contributed by atoms with E-state index >= 15 is 0 Å². The minimum Gasteiger partial charge on any atom is -0.394 e. The van der Waals surface area contributed by atoms with Gasteiger partial charge in [0.2, 0.25) is 11.8 Å². The molecule has 2 amide bonds. The molecule has 120 valence electrons. The predicted octanol–water partition coefficient (Wildman–Crippen LogP) is 1.25. The maximum Gasteiger partial charge on any atom is 0.244 e. The van der Waals surface area contributed by atoms with Crippen molar-refractivity contribution >= 4 is 11.8 Å². The largest absolute Gasteiger partial charge is 0.394 e. The Bertz CT molecular complexity index is 356. The standard InChI is InChI=1S/C13H25N5O3/c1-2-3-5-8-15-13(21)11(10-19)17-12(20)7-4-6-9-16-18-14/h11,19H,2-10H2,1H3,(H,15,21)(H,17,20). The Kier molecular flexibility index (Phi) is 12.1. The van der Waals surface area contributed by atoms with Crippen LogP contribution >= 0.6 is 0 Å². The Morgan fingerprint density at radius 3 is 2.67 bits per heavy atom. The first-order chi connectivity index (χ1) is 10.2. The minimum atomic E-state index is -0.906. The van der Waals surface area contributed by atoms with E-state index in [4.69, 9.17) is 10.6 Å². The molecule has 0 rings (SSSR count). The summed E-state index contributed by atoms with van der Waals surface area (Å²) in [5.74, 6) is -0.658. The highest BCUT2D eigenvalue weighted by Crippen LogP contribution is 1.97. The predicted molar refractivity (Wildman–Crippen MR) is 79.4 cm³/mol. The number of azide groups is 1. The number of hydrogen-bond acceptors (Lipinski definition) is 4. The molecule has 21 heavy (non-hydrogen) atoms. The van der Waals surface area contributed by atoms with Crippen LogP contribution in [0.25, 0.3) is 10.4 Å². The van der Waals surface area contributed by atoms with Crippen LogP contribution in [0.4, 0.5) is 0 Å². The molecule has 0 saturated carbocycles. The van der Waals surface area contributed by atoms with Crippen molar-refractivity contribution in [1.82, 2.24) is 10.6 Å². The second-order valence-corrected chi connectivity index (χ2v) is 4.71. The molecule has 0 aliphatic heterocycles. The van der Waals surface area contributed by atoms with Gasteiger partial charge in [0.05, 0.1) is 6.61 Å². The molecule has 0 aliphatic carbocycles. The molecular weight excluding hydrogens is 274 g/mol. The third-order valence-corrected chi connectivity index (χ3v) is 2.89. The Morgan fingerprint density at radius 1 is 1.29 bits per heavy atom. The number of unbranched alkanes of at least 4 members (excludes halogenated alkanes) is 3. The molecular formula is C13H25N5O3. The zero-order valence-corrected chi connectivity index (χ0v) is 12.5. The number of carbonyl (C=O) groups excluding carboxylic acids is 2. The number of carbonyl (C=O) groups is 2. The number of rotatable bonds is 12. The minimum absolute atomic E-state index is 0.237. The van der Waals surface area contributed by atoms with E-state index in [-0.39, 0.29) is 18.2 Å². The smallest absolute Gasteiger partial charge is 0.244 e. The van der Waals surface area contributed by atoms with Crippen molar-refractivity contribution in [2.45, 2.75) is 51.5 Å². The average molecular weight is 299 g/mol. The van der Waals surface area contributed by atoms with Crippen molar-refractivity contribution in [2.24, 2.45) is 5.11 Å². The van der Waals surface area contributed by atoms with Gasteiger partial charge in [-0.1, -0.05) is 24.9 Å². The van der Waals surface area contributed by atoms with Crippen LogP contribution < -0.4 is 10.6 Å². The summed E-state index contributed by atoms with van der Waals surface area (Å²) in [6.07, 6.45) is 4.40. The lowest BCUT2D eigenvalue weighted by molar-refractivity contribution is -0.130. The molecule has 8 nitrogen and oxygen atoms in total. The fraction of sp³-hybridized carbons (Fsp3) is 0.846. The number of nitrogens with zero attached hydrogens (tertiary/aromatic N) is 3. The molecule has 0 fully saturated rings. The van der Waals surface area contributed by atoms with Gasteiger partial charge in [0.1, 0.15) is 6.04 Å². The maximum atomic E-state index is 11.7. The van der Waals surface area contributed by atoms with E-state index < -0.39 is 12.6 Å². The van der Waals surface area contributed by atoms with Crippen molar-refractivity contribution in [2.75, 3.05) is 19.7 Å². The van der Waals surface area contributed by atoms with Gasteiger partial charge in [-0.25, -0.2) is 0 Å². The first-order valence-corrected chi connectivity index (χ1v) is 7.34. The van der Waals surface area contributed by atoms with Crippen LogP contribution in [-0.4, -0.2) is 42.7 Å². The zero-order chi connectivity index (χ0) is 15.9. The van der Waals surface area contributed by atoms with E-state index in [1.807, 2.05) is 0 Å². The van der Waals surface area contributed by atoms with Crippen molar-refractivity contribution in [1.29, 1.82) is 0 Å². The monoisotopic (exact) mass is 299 g/mol. The summed E-state index contributed by atoms with van der Waals surface area (Å²) >= 11 is 0. The highest BCUT2D eigenvalue weighted by molar-refractivity contribution is 5.87. The van der Waals surface area contributed by atoms with Crippen LogP contribution in [0, 0.1) is 0 Å². The van der Waals surface area contributed by atoms with Crippen molar-refractivity contribution in [3.8, 4) is 0 Å². The summed E-state index contributed by atoms with van der Waals surface area (Å²) < 4.78 is 0. The summed E-state index contributed by atoms with van der Waals surface area (Å²) in [4.78, 5) is 26.0. The van der Waals surface area contributed by atoms with Crippen molar-refractivity contribution < 1.29 is 14.7 Å². The number of nitrogens with one attached hydrogen (secondary N) is 2. The van der Waals surface area contributed by atoms with Crippen LogP contribution in [0.15, 0.2) is 5.11 Å². The van der Waals surface area contributed by atoms with Gasteiger partial charge < -0.3 is 15.7 Å². The van der Waals surface area contributed by atoms with E-state index in [2.05, 4.69) is 27.6 Å². The van der Waals surface area contributed by atoms with Gasteiger partial charge in [-0.05, 0) is 24.8 Å². The molecule has 0 aromatic heterocycles. The SMILES string of the molecule is CCCCCNC(=O)C(CO)NC(=O)CCCCN=[N+]=[N-]. The van der Waals surface area contributed by atoms with E-state index in [1.54, 1.807) is 0 Å². The average Bonchev–Trinajstić information content (AvgIpc) is 2.48. The second kappa shape index (κ2) is 13.2. The van der Waals surface area contributed by atoms with Crippen LogP contribution in [0.5, 0.6) is 0 Å². The van der Waals surface area contributed by atoms with E-state index in [0.717, 1.165) is 19.3 Å². The van der Waals surface area contributed by atoms with Gasteiger partial charge in [0, 0.05) is 24.4 Å². The Morgan fingerprint density at radius 2 is 2.05 bits per heavy atom. The summed E-state index contributed by atoms with van der Waals surface area (Å²) in [7, 11) is 0. The van der Waals surface area contributed by atoms with Crippen LogP contribution in [-0.2, 0) is 9.59 Å². The fourth-order valence-corrected chi connectivity index (χ4v) is 1.68. The third-order valence-electron chi connectivity index (χ3n) is 2.89. The molecule has 0 radical (unpaired) electrons. The Hall–Kier alpha value is -1.79. The lowest BCUT2D eigenvalue weighted by atomic mass is 10.2. The van der Waals surface area contributed by atoms with Gasteiger partial charge in [-0.2, -0.15) is 0 Å². The number of aliphatic hydroxyl groups is 1. The third kappa shape index (κ3) is 10.6. The van der Waals surface area contributed by atoms with Gasteiger partial charge in [-0.3, -0.25) is 9.59 Å². The van der Waals surface area contributed by atoms with E-state index in [9.17, 15) is 9.59 Å². The van der Waals surface area contributed by atoms with Gasteiger partial charge in [-0.15, -0.1) is 0 Å². The molecule has 0 aliphatic rings. The summed E-state index contributed by atoms with van der Waals surface area (Å²) in [6, 6.07) is -0.906. The molecule has 0 saturated heterocycles. The fourth-order valence-electron chi connectivity index (χ4n) is 1.68. The molecule has 8 heteroatoms. The quantitative estimate of drug-likeness (QED) is 0.217. The summed E-state index contributed by atoms with van der Waals surface area (Å²) in [5, 5.41) is 17.7. The molecule has 0 bridgehead atoms. The molecule has 0 aromatic rings. The summed E-state index contributed by atoms with van der Waals surface area (Å²) in [5.41, 5.74) is 8.10. The molecule has 1 atom stereocenters. The van der Waals surface area contributed by atoms with Crippen LogP contribution in [0.3, 0.4) is 0 Å². The molecule has 0 aromatic carbocycles. The van der Waals surface area contributed by atoms with Crippen LogP contribution in [0.2, 0.25) is 0 Å². The summed E-state index contributed by atoms with van der Waals surface area (Å²) in [6.45, 7) is 2.54. The first-order valence-electron chi connectivity index (χ1n) is 7.34. The maximum absolute atomic E-state index is 11.7. The highest BCUT2D eigenvalue weighted by atomic mass is 16.3. The number of aliphatic hydroxyl groups excluding tert-OH is 1. The molecule has 3 N–H and O–H groups in total. The molecule has 0 spiro atoms. The van der Waals surface area contributed by atoms with E-state index in [0.29, 0.717) is 25.9 Å². The number of hydrogen-bond donors (Lipinski definition) is 3. The van der Waals surface area contributed by atoms with Crippen molar-refractivity contribution in [3.05, 3.63) is 10.4 Å².